The lowest BCUT2D eigenvalue weighted by molar-refractivity contribution is -0.126. The quantitative estimate of drug-likeness (QED) is 0.495. The molecule has 2 bridgehead atoms. The lowest BCUT2D eigenvalue weighted by atomic mass is 9.58. The van der Waals surface area contributed by atoms with Crippen LogP contribution >= 0.6 is 12.8 Å². The molecule has 3 aliphatic carbocycles. The van der Waals surface area contributed by atoms with Crippen LogP contribution in [0.15, 0.2) is 64.4 Å². The third-order valence-electron chi connectivity index (χ3n) is 9.72. The van der Waals surface area contributed by atoms with Gasteiger partial charge in [-0.15, -0.1) is 0 Å². The highest BCUT2D eigenvalue weighted by Crippen LogP contribution is 2.69. The minimum atomic E-state index is -0.123. The topological polar surface area (TPSA) is 34.5 Å². The van der Waals surface area contributed by atoms with E-state index in [0.29, 0.717) is 11.8 Å². The lowest BCUT2D eigenvalue weighted by Crippen LogP contribution is -2.53. The van der Waals surface area contributed by atoms with Gasteiger partial charge >= 0.3 is 0 Å². The molecule has 5 aliphatic rings. The van der Waals surface area contributed by atoms with Crippen LogP contribution in [0.3, 0.4) is 0 Å². The Bertz CT molecular complexity index is 1230. The molecule has 3 fully saturated rings. The Morgan fingerprint density at radius 3 is 2.97 bits per heavy atom. The number of thiol groups is 1. The van der Waals surface area contributed by atoms with E-state index in [1.165, 1.54) is 46.0 Å². The summed E-state index contributed by atoms with van der Waals surface area (Å²) in [5, 5.41) is 2.53. The Morgan fingerprint density at radius 2 is 2.06 bits per heavy atom. The molecule has 3 nitrogen and oxygen atoms in total. The van der Waals surface area contributed by atoms with Gasteiger partial charge in [-0.3, -0.25) is 4.98 Å². The maximum absolute atomic E-state index is 7.28. The van der Waals surface area contributed by atoms with Crippen LogP contribution in [0.4, 0.5) is 0 Å². The third kappa shape index (κ3) is 2.43. The Morgan fingerprint density at radius 1 is 1.12 bits per heavy atom. The lowest BCUT2D eigenvalue weighted by Gasteiger charge is -2.54. The number of rotatable bonds is 1. The minimum absolute atomic E-state index is 0.108. The van der Waals surface area contributed by atoms with Crippen molar-refractivity contribution in [3.8, 4) is 0 Å². The molecule has 3 heterocycles. The van der Waals surface area contributed by atoms with E-state index in [1.54, 1.807) is 0 Å². The summed E-state index contributed by atoms with van der Waals surface area (Å²) in [5.41, 5.74) is 5.68. The van der Waals surface area contributed by atoms with Crippen molar-refractivity contribution in [3.05, 3.63) is 65.5 Å². The zero-order chi connectivity index (χ0) is 21.6. The number of allylic oxidation sites excluding steroid dienone is 1. The summed E-state index contributed by atoms with van der Waals surface area (Å²) in [6, 6.07) is 9.15. The van der Waals surface area contributed by atoms with Crippen LogP contribution in [0.2, 0.25) is 0 Å². The zero-order valence-electron chi connectivity index (χ0n) is 18.7. The smallest absolute Gasteiger partial charge is 0.0975 e. The molecule has 1 saturated heterocycles. The second-order valence-electron chi connectivity index (χ2n) is 11.0. The number of hydrogen-bond donors (Lipinski definition) is 1. The van der Waals surface area contributed by atoms with Gasteiger partial charge < -0.3 is 4.74 Å². The molecule has 1 aromatic heterocycles. The van der Waals surface area contributed by atoms with Gasteiger partial charge in [0.15, 0.2) is 0 Å². The summed E-state index contributed by atoms with van der Waals surface area (Å²) in [5.74, 6) is 1.14. The van der Waals surface area contributed by atoms with Crippen LogP contribution in [-0.4, -0.2) is 21.9 Å². The number of benzene rings is 1. The van der Waals surface area contributed by atoms with Gasteiger partial charge in [0.2, 0.25) is 0 Å². The molecule has 2 aromatic rings. The SMILES string of the molecule is C[C@]12CC=C3C=C4CCC(=NS)C[C@]45CC[C@]3(O5)[C@@H]1CC[C@@H]2c1ccc2ccncc2c1. The van der Waals surface area contributed by atoms with Crippen molar-refractivity contribution in [2.75, 3.05) is 0 Å². The first kappa shape index (κ1) is 19.5. The van der Waals surface area contributed by atoms with E-state index in [1.807, 2.05) is 12.4 Å². The van der Waals surface area contributed by atoms with E-state index in [4.69, 9.17) is 4.74 Å². The molecular formula is C28H30N2OS. The molecule has 2 spiro atoms. The standard InChI is InChI=1S/C28H30N2OS/c1-26-10-8-22-15-21-4-5-23(30-32)16-27(21)11-12-28(22,31-27)25(26)7-6-24(26)19-3-2-18-9-13-29-17-20(18)14-19/h2-3,8-9,13-15,17,24-25,32H,4-7,10-12,16H2,1H3/t24-,25-,26-,27-,28-/m1/s1. The number of nitrogens with zero attached hydrogens (tertiary/aromatic N) is 2. The van der Waals surface area contributed by atoms with Crippen LogP contribution < -0.4 is 0 Å². The summed E-state index contributed by atoms with van der Waals surface area (Å²) >= 11 is 4.25. The van der Waals surface area contributed by atoms with E-state index < -0.39 is 0 Å². The fourth-order valence-electron chi connectivity index (χ4n) is 8.19. The monoisotopic (exact) mass is 442 g/mol. The molecule has 1 aromatic carbocycles. The normalized spacial score (nSPS) is 41.1. The maximum atomic E-state index is 7.28. The second kappa shape index (κ2) is 6.57. The van der Waals surface area contributed by atoms with Crippen molar-refractivity contribution >= 4 is 29.3 Å². The molecule has 0 N–H and O–H groups in total. The van der Waals surface area contributed by atoms with E-state index >= 15 is 0 Å². The molecule has 0 amide bonds. The highest BCUT2D eigenvalue weighted by Gasteiger charge is 2.66. The summed E-state index contributed by atoms with van der Waals surface area (Å²) in [7, 11) is 0. The van der Waals surface area contributed by atoms with Gasteiger partial charge in [0.1, 0.15) is 0 Å². The van der Waals surface area contributed by atoms with Crippen molar-refractivity contribution in [1.29, 1.82) is 0 Å². The van der Waals surface area contributed by atoms with Crippen LogP contribution in [0.5, 0.6) is 0 Å². The summed E-state index contributed by atoms with van der Waals surface area (Å²) in [4.78, 5) is 4.36. The van der Waals surface area contributed by atoms with E-state index in [9.17, 15) is 0 Å². The van der Waals surface area contributed by atoms with Crippen LogP contribution in [0, 0.1) is 11.3 Å². The van der Waals surface area contributed by atoms with Gasteiger partial charge in [-0.1, -0.05) is 31.2 Å². The number of hydrogen-bond acceptors (Lipinski definition) is 4. The number of aromatic nitrogens is 1. The molecule has 32 heavy (non-hydrogen) atoms. The molecule has 7 rings (SSSR count). The highest BCUT2D eigenvalue weighted by atomic mass is 32.1. The number of fused-ring (bicyclic) bond motifs is 2. The Balaban J connectivity index is 1.30. The summed E-state index contributed by atoms with van der Waals surface area (Å²) in [6.07, 6.45) is 17.9. The zero-order valence-corrected chi connectivity index (χ0v) is 19.6. The van der Waals surface area contributed by atoms with Crippen LogP contribution in [0.1, 0.15) is 69.8 Å². The molecule has 164 valence electrons. The van der Waals surface area contributed by atoms with E-state index in [0.717, 1.165) is 38.5 Å². The molecule has 4 heteroatoms. The van der Waals surface area contributed by atoms with Crippen molar-refractivity contribution in [1.82, 2.24) is 4.98 Å². The van der Waals surface area contributed by atoms with Gasteiger partial charge in [-0.2, -0.15) is 0 Å². The average Bonchev–Trinajstić information content (AvgIpc) is 3.33. The maximum Gasteiger partial charge on any atom is 0.0975 e. The molecule has 0 unspecified atom stereocenters. The van der Waals surface area contributed by atoms with Crippen molar-refractivity contribution in [2.24, 2.45) is 15.7 Å². The molecule has 0 radical (unpaired) electrons. The van der Waals surface area contributed by atoms with Crippen LogP contribution in [-0.2, 0) is 4.74 Å². The van der Waals surface area contributed by atoms with Crippen molar-refractivity contribution < 1.29 is 4.74 Å². The van der Waals surface area contributed by atoms with Crippen molar-refractivity contribution in [3.63, 3.8) is 0 Å². The molecule has 2 saturated carbocycles. The van der Waals surface area contributed by atoms with E-state index in [2.05, 4.69) is 65.5 Å². The van der Waals surface area contributed by atoms with Gasteiger partial charge in [0, 0.05) is 29.9 Å². The first-order chi connectivity index (χ1) is 15.6. The van der Waals surface area contributed by atoms with E-state index in [-0.39, 0.29) is 16.6 Å². The summed E-state index contributed by atoms with van der Waals surface area (Å²) in [6.45, 7) is 2.54. The number of ether oxygens (including phenoxy) is 1. The Kier molecular flexibility index (Phi) is 4.02. The molecular weight excluding hydrogens is 412 g/mol. The fourth-order valence-corrected chi connectivity index (χ4v) is 8.36. The first-order valence-electron chi connectivity index (χ1n) is 12.2. The third-order valence-corrected chi connectivity index (χ3v) is 10.0. The Labute approximate surface area is 195 Å². The summed E-state index contributed by atoms with van der Waals surface area (Å²) < 4.78 is 11.6. The van der Waals surface area contributed by atoms with Crippen LogP contribution in [0.25, 0.3) is 10.8 Å². The van der Waals surface area contributed by atoms with Gasteiger partial charge in [-0.25, -0.2) is 4.40 Å². The number of pyridine rings is 1. The van der Waals surface area contributed by atoms with Crippen molar-refractivity contribution in [2.45, 2.75) is 75.4 Å². The first-order valence-corrected chi connectivity index (χ1v) is 12.6. The predicted molar refractivity (Wildman–Crippen MR) is 132 cm³/mol. The Hall–Kier alpha value is -1.91. The largest absolute Gasteiger partial charge is 0.359 e. The molecule has 5 atom stereocenters. The second-order valence-corrected chi connectivity index (χ2v) is 11.2. The molecule has 2 aliphatic heterocycles. The fraction of sp³-hybridized carbons (Fsp3) is 0.500. The minimum Gasteiger partial charge on any atom is -0.359 e. The predicted octanol–water partition coefficient (Wildman–Crippen LogP) is 6.76. The average molecular weight is 443 g/mol. The van der Waals surface area contributed by atoms with Gasteiger partial charge in [-0.05, 0) is 109 Å². The van der Waals surface area contributed by atoms with Gasteiger partial charge in [0.25, 0.3) is 0 Å². The van der Waals surface area contributed by atoms with Gasteiger partial charge in [0.05, 0.1) is 11.2 Å². The highest BCUT2D eigenvalue weighted by molar-refractivity contribution is 7.79.